The molecule has 4 nitrogen and oxygen atoms in total. The number of hydrogen-bond acceptors (Lipinski definition) is 5. The summed E-state index contributed by atoms with van der Waals surface area (Å²) in [6.07, 6.45) is 3.23. The number of amides is 1. The summed E-state index contributed by atoms with van der Waals surface area (Å²) in [7, 11) is 0. The van der Waals surface area contributed by atoms with Crippen LogP contribution in [0.25, 0.3) is 0 Å². The van der Waals surface area contributed by atoms with Crippen molar-refractivity contribution < 1.29 is 14.3 Å². The number of hydrogen-bond donors (Lipinski definition) is 1. The van der Waals surface area contributed by atoms with E-state index in [1.54, 1.807) is 11.3 Å². The molecule has 2 heterocycles. The van der Waals surface area contributed by atoms with Crippen molar-refractivity contribution in [2.75, 3.05) is 6.61 Å². The lowest BCUT2D eigenvalue weighted by Gasteiger charge is -2.16. The number of rotatable bonds is 5. The molecule has 0 bridgehead atoms. The lowest BCUT2D eigenvalue weighted by atomic mass is 9.90. The molecule has 24 heavy (non-hydrogen) atoms. The maximum Gasteiger partial charge on any atom is 0.348 e. The van der Waals surface area contributed by atoms with Gasteiger partial charge in [-0.3, -0.25) is 4.79 Å². The van der Waals surface area contributed by atoms with Crippen LogP contribution in [0.4, 0.5) is 0 Å². The lowest BCUT2D eigenvalue weighted by molar-refractivity contribution is -0.124. The van der Waals surface area contributed by atoms with Crippen molar-refractivity contribution in [3.8, 4) is 0 Å². The Morgan fingerprint density at radius 2 is 2.29 bits per heavy atom. The van der Waals surface area contributed by atoms with Crippen LogP contribution in [-0.4, -0.2) is 18.5 Å². The number of carbonyl (C=O) groups excluding carboxylic acids is 2. The van der Waals surface area contributed by atoms with E-state index in [9.17, 15) is 9.59 Å². The molecule has 0 aromatic carbocycles. The van der Waals surface area contributed by atoms with Crippen LogP contribution in [0.1, 0.15) is 51.3 Å². The molecular formula is C18H21NO3S2. The molecule has 0 saturated heterocycles. The summed E-state index contributed by atoms with van der Waals surface area (Å²) in [5, 5.41) is 4.81. The molecule has 1 aliphatic rings. The average Bonchev–Trinajstić information content (AvgIpc) is 3.21. The first kappa shape index (κ1) is 17.2. The fraction of sp³-hybridized carbons (Fsp3) is 0.444. The van der Waals surface area contributed by atoms with Gasteiger partial charge in [0.25, 0.3) is 5.91 Å². The Kier molecular flexibility index (Phi) is 5.36. The zero-order chi connectivity index (χ0) is 17.1. The fourth-order valence-electron chi connectivity index (χ4n) is 2.90. The molecule has 2 atom stereocenters. The number of carbonyl (C=O) groups is 2. The van der Waals surface area contributed by atoms with Crippen LogP contribution in [-0.2, 0) is 22.4 Å². The minimum absolute atomic E-state index is 0.0771. The topological polar surface area (TPSA) is 55.4 Å². The maximum absolute atomic E-state index is 12.2. The smallest absolute Gasteiger partial charge is 0.348 e. The molecule has 2 aromatic rings. The molecule has 0 unspecified atom stereocenters. The molecule has 3 rings (SSSR count). The van der Waals surface area contributed by atoms with Gasteiger partial charge >= 0.3 is 5.97 Å². The fourth-order valence-corrected chi connectivity index (χ4v) is 4.74. The van der Waals surface area contributed by atoms with E-state index < -0.39 is 5.97 Å². The highest BCUT2D eigenvalue weighted by molar-refractivity contribution is 7.14. The maximum atomic E-state index is 12.2. The van der Waals surface area contributed by atoms with Crippen LogP contribution in [0.15, 0.2) is 23.6 Å². The second kappa shape index (κ2) is 7.49. The molecule has 128 valence electrons. The summed E-state index contributed by atoms with van der Waals surface area (Å²) in [4.78, 5) is 27.1. The van der Waals surface area contributed by atoms with Crippen LogP contribution in [0.2, 0.25) is 0 Å². The van der Waals surface area contributed by atoms with Gasteiger partial charge in [0.05, 0.1) is 6.04 Å². The monoisotopic (exact) mass is 363 g/mol. The predicted octanol–water partition coefficient (Wildman–Crippen LogP) is 3.97. The lowest BCUT2D eigenvalue weighted by Crippen LogP contribution is -2.30. The number of nitrogens with one attached hydrogen (secondary N) is 1. The van der Waals surface area contributed by atoms with E-state index in [1.165, 1.54) is 28.2 Å². The van der Waals surface area contributed by atoms with E-state index in [0.29, 0.717) is 10.8 Å². The number of fused-ring (bicyclic) bond motifs is 1. The van der Waals surface area contributed by atoms with Gasteiger partial charge in [0.1, 0.15) is 4.88 Å². The summed E-state index contributed by atoms with van der Waals surface area (Å²) in [6.45, 7) is 3.91. The summed E-state index contributed by atoms with van der Waals surface area (Å²) in [6, 6.07) is 5.78. The molecule has 0 fully saturated rings. The Morgan fingerprint density at radius 3 is 3.04 bits per heavy atom. The van der Waals surface area contributed by atoms with Gasteiger partial charge in [-0.2, -0.15) is 0 Å². The largest absolute Gasteiger partial charge is 0.451 e. The van der Waals surface area contributed by atoms with Crippen LogP contribution < -0.4 is 5.32 Å². The van der Waals surface area contributed by atoms with E-state index in [1.807, 2.05) is 30.5 Å². The van der Waals surface area contributed by atoms with Crippen LogP contribution in [0.5, 0.6) is 0 Å². The number of aryl methyl sites for hydroxylation is 1. The molecule has 0 aliphatic heterocycles. The summed E-state index contributed by atoms with van der Waals surface area (Å²) in [5.41, 5.74) is 1.27. The van der Waals surface area contributed by atoms with Crippen molar-refractivity contribution in [3.05, 3.63) is 43.8 Å². The predicted molar refractivity (Wildman–Crippen MR) is 96.7 cm³/mol. The highest BCUT2D eigenvalue weighted by Crippen LogP contribution is 2.32. The van der Waals surface area contributed by atoms with Gasteiger partial charge in [0.15, 0.2) is 6.61 Å². The third kappa shape index (κ3) is 4.05. The Hall–Kier alpha value is -1.66. The van der Waals surface area contributed by atoms with Gasteiger partial charge in [0.2, 0.25) is 0 Å². The second-order valence-electron chi connectivity index (χ2n) is 6.29. The second-order valence-corrected chi connectivity index (χ2v) is 8.40. The zero-order valence-corrected chi connectivity index (χ0v) is 15.5. The van der Waals surface area contributed by atoms with Crippen molar-refractivity contribution in [1.82, 2.24) is 5.32 Å². The Balaban J connectivity index is 1.51. The number of thiophene rings is 2. The molecule has 2 aromatic heterocycles. The first-order chi connectivity index (χ1) is 11.5. The first-order valence-corrected chi connectivity index (χ1v) is 9.84. The SMILES string of the molecule is C[C@H]1CCc2sc(C(=O)OCC(=O)N[C@@H](C)c3cccs3)cc2C1. The number of esters is 1. The number of ether oxygens (including phenoxy) is 1. The molecule has 0 spiro atoms. The Labute approximate surface area is 149 Å². The quantitative estimate of drug-likeness (QED) is 0.818. The van der Waals surface area contributed by atoms with Gasteiger partial charge < -0.3 is 10.1 Å². The van der Waals surface area contributed by atoms with Gasteiger partial charge in [-0.05, 0) is 55.2 Å². The zero-order valence-electron chi connectivity index (χ0n) is 13.8. The Morgan fingerprint density at radius 1 is 1.46 bits per heavy atom. The normalized spacial score (nSPS) is 17.8. The summed E-state index contributed by atoms with van der Waals surface area (Å²) in [5.74, 6) is -0.0133. The molecule has 1 amide bonds. The molecule has 1 aliphatic carbocycles. The van der Waals surface area contributed by atoms with E-state index in [0.717, 1.165) is 17.7 Å². The minimum Gasteiger partial charge on any atom is -0.451 e. The van der Waals surface area contributed by atoms with Gasteiger partial charge in [-0.1, -0.05) is 13.0 Å². The summed E-state index contributed by atoms with van der Waals surface area (Å²) >= 11 is 3.09. The van der Waals surface area contributed by atoms with Crippen LogP contribution in [0.3, 0.4) is 0 Å². The average molecular weight is 364 g/mol. The molecule has 0 radical (unpaired) electrons. The third-order valence-corrected chi connectivity index (χ3v) is 6.48. The van der Waals surface area contributed by atoms with Gasteiger partial charge in [-0.25, -0.2) is 4.79 Å². The van der Waals surface area contributed by atoms with E-state index >= 15 is 0 Å². The summed E-state index contributed by atoms with van der Waals surface area (Å²) < 4.78 is 5.18. The van der Waals surface area contributed by atoms with Crippen molar-refractivity contribution in [3.63, 3.8) is 0 Å². The Bertz CT molecular complexity index is 721. The van der Waals surface area contributed by atoms with Gasteiger partial charge in [-0.15, -0.1) is 22.7 Å². The van der Waals surface area contributed by atoms with Crippen LogP contribution >= 0.6 is 22.7 Å². The van der Waals surface area contributed by atoms with E-state index in [-0.39, 0.29) is 18.6 Å². The molecule has 1 N–H and O–H groups in total. The van der Waals surface area contributed by atoms with Crippen molar-refractivity contribution >= 4 is 34.6 Å². The van der Waals surface area contributed by atoms with Crippen molar-refractivity contribution in [2.24, 2.45) is 5.92 Å². The minimum atomic E-state index is -0.402. The van der Waals surface area contributed by atoms with Crippen molar-refractivity contribution in [1.29, 1.82) is 0 Å². The van der Waals surface area contributed by atoms with Crippen LogP contribution in [0, 0.1) is 5.92 Å². The van der Waals surface area contributed by atoms with Gasteiger partial charge in [0, 0.05) is 9.75 Å². The molecule has 0 saturated carbocycles. The first-order valence-electron chi connectivity index (χ1n) is 8.14. The highest BCUT2D eigenvalue weighted by Gasteiger charge is 2.22. The van der Waals surface area contributed by atoms with E-state index in [2.05, 4.69) is 12.2 Å². The third-order valence-electron chi connectivity index (χ3n) is 4.21. The van der Waals surface area contributed by atoms with Crippen molar-refractivity contribution in [2.45, 2.75) is 39.2 Å². The highest BCUT2D eigenvalue weighted by atomic mass is 32.1. The van der Waals surface area contributed by atoms with E-state index in [4.69, 9.17) is 4.74 Å². The molecule has 6 heteroatoms. The molecular weight excluding hydrogens is 342 g/mol. The standard InChI is InChI=1S/C18H21NO3S2/c1-11-5-6-15-13(8-11)9-16(24-15)18(21)22-10-17(20)19-12(2)14-4-3-7-23-14/h3-4,7,9,11-12H,5-6,8,10H2,1-2H3,(H,19,20)/t11-,12-/m0/s1.